The van der Waals surface area contributed by atoms with Gasteiger partial charge in [-0.05, 0) is 24.3 Å². The van der Waals surface area contributed by atoms with Gasteiger partial charge in [0.1, 0.15) is 0 Å². The topological polar surface area (TPSA) is 17.1 Å². The van der Waals surface area contributed by atoms with Crippen LogP contribution in [0.15, 0.2) is 36.4 Å². The van der Waals surface area contributed by atoms with E-state index in [0.29, 0.717) is 22.6 Å². The van der Waals surface area contributed by atoms with Crippen molar-refractivity contribution in [1.29, 1.82) is 0 Å². The van der Waals surface area contributed by atoms with Crippen molar-refractivity contribution in [2.75, 3.05) is 0 Å². The molecule has 0 unspecified atom stereocenters. The number of rotatable bonds is 1. The van der Waals surface area contributed by atoms with Crippen LogP contribution in [0.1, 0.15) is 15.9 Å². The van der Waals surface area contributed by atoms with Gasteiger partial charge in [-0.15, -0.1) is 11.3 Å². The van der Waals surface area contributed by atoms with Gasteiger partial charge in [-0.25, -0.2) is 0 Å². The van der Waals surface area contributed by atoms with Crippen LogP contribution in [-0.2, 0) is 6.18 Å². The van der Waals surface area contributed by atoms with E-state index in [4.69, 9.17) is 0 Å². The largest absolute Gasteiger partial charge is 0.416 e. The van der Waals surface area contributed by atoms with Crippen LogP contribution in [0.4, 0.5) is 13.2 Å². The second kappa shape index (κ2) is 4.06. The first-order valence-corrected chi connectivity index (χ1v) is 6.30. The lowest BCUT2D eigenvalue weighted by Crippen LogP contribution is -2.03. The molecule has 1 heterocycles. The minimum Gasteiger partial charge on any atom is -0.298 e. The van der Waals surface area contributed by atoms with Gasteiger partial charge in [0.15, 0.2) is 6.29 Å². The number of carbonyl (C=O) groups excluding carboxylic acids is 1. The third kappa shape index (κ3) is 1.90. The molecule has 19 heavy (non-hydrogen) atoms. The molecule has 0 saturated heterocycles. The highest BCUT2D eigenvalue weighted by Crippen LogP contribution is 2.39. The first-order valence-electron chi connectivity index (χ1n) is 5.48. The summed E-state index contributed by atoms with van der Waals surface area (Å²) in [5, 5.41) is 1.08. The van der Waals surface area contributed by atoms with Gasteiger partial charge in [0.25, 0.3) is 0 Å². The second-order valence-corrected chi connectivity index (χ2v) is 5.23. The summed E-state index contributed by atoms with van der Waals surface area (Å²) in [6.45, 7) is 0. The van der Waals surface area contributed by atoms with E-state index in [1.807, 2.05) is 0 Å². The molecule has 0 saturated carbocycles. The Morgan fingerprint density at radius 1 is 1.05 bits per heavy atom. The van der Waals surface area contributed by atoms with Crippen LogP contribution in [0, 0.1) is 0 Å². The van der Waals surface area contributed by atoms with Crippen molar-refractivity contribution in [3.63, 3.8) is 0 Å². The molecule has 0 N–H and O–H groups in total. The lowest BCUT2D eigenvalue weighted by molar-refractivity contribution is -0.137. The smallest absolute Gasteiger partial charge is 0.298 e. The van der Waals surface area contributed by atoms with Crippen LogP contribution in [-0.4, -0.2) is 6.29 Å². The third-order valence-corrected chi connectivity index (χ3v) is 4.12. The van der Waals surface area contributed by atoms with Crippen molar-refractivity contribution in [1.82, 2.24) is 0 Å². The number of benzene rings is 2. The molecule has 0 atom stereocenters. The number of carbonyl (C=O) groups is 1. The summed E-state index contributed by atoms with van der Waals surface area (Å²) in [5.41, 5.74) is -0.275. The van der Waals surface area contributed by atoms with Crippen LogP contribution in [0.3, 0.4) is 0 Å². The number of hydrogen-bond donors (Lipinski definition) is 0. The standard InChI is InChI=1S/C14H7F3OS/c15-14(16,17)9-4-5-11-10(6-9)13-8(7-18)2-1-3-12(13)19-11/h1-7H. The Hall–Kier alpha value is -1.88. The van der Waals surface area contributed by atoms with Crippen molar-refractivity contribution in [2.45, 2.75) is 6.18 Å². The Bertz CT molecular complexity index is 786. The molecule has 0 radical (unpaired) electrons. The lowest BCUT2D eigenvalue weighted by Gasteiger charge is -2.06. The van der Waals surface area contributed by atoms with Crippen molar-refractivity contribution >= 4 is 37.8 Å². The molecule has 0 amide bonds. The summed E-state index contributed by atoms with van der Waals surface area (Å²) < 4.78 is 39.8. The van der Waals surface area contributed by atoms with Crippen LogP contribution < -0.4 is 0 Å². The molecule has 1 nitrogen and oxygen atoms in total. The zero-order chi connectivity index (χ0) is 13.6. The molecule has 0 aliphatic carbocycles. The third-order valence-electron chi connectivity index (χ3n) is 2.98. The van der Waals surface area contributed by atoms with Gasteiger partial charge in [-0.3, -0.25) is 4.79 Å². The summed E-state index contributed by atoms with van der Waals surface area (Å²) in [5.74, 6) is 0. The Labute approximate surface area is 110 Å². The van der Waals surface area contributed by atoms with E-state index in [0.717, 1.165) is 21.5 Å². The second-order valence-electron chi connectivity index (χ2n) is 4.15. The Morgan fingerprint density at radius 3 is 2.53 bits per heavy atom. The number of hydrogen-bond acceptors (Lipinski definition) is 2. The van der Waals surface area contributed by atoms with Gasteiger partial charge >= 0.3 is 6.18 Å². The number of halogens is 3. The first kappa shape index (κ1) is 12.2. The molecule has 5 heteroatoms. The van der Waals surface area contributed by atoms with Crippen LogP contribution in [0.5, 0.6) is 0 Å². The van der Waals surface area contributed by atoms with E-state index in [-0.39, 0.29) is 0 Å². The minimum absolute atomic E-state index is 0.420. The predicted molar refractivity (Wildman–Crippen MR) is 69.7 cm³/mol. The maximum Gasteiger partial charge on any atom is 0.416 e. The lowest BCUT2D eigenvalue weighted by atomic mass is 10.1. The summed E-state index contributed by atoms with van der Waals surface area (Å²) in [6.07, 6.45) is -3.70. The summed E-state index contributed by atoms with van der Waals surface area (Å²) >= 11 is 1.38. The van der Waals surface area contributed by atoms with Gasteiger partial charge < -0.3 is 0 Å². The quantitative estimate of drug-likeness (QED) is 0.580. The zero-order valence-electron chi connectivity index (χ0n) is 9.49. The van der Waals surface area contributed by atoms with Gasteiger partial charge in [-0.1, -0.05) is 12.1 Å². The fourth-order valence-corrected chi connectivity index (χ4v) is 3.25. The zero-order valence-corrected chi connectivity index (χ0v) is 10.3. The van der Waals surface area contributed by atoms with E-state index in [9.17, 15) is 18.0 Å². The average molecular weight is 280 g/mol. The molecule has 0 spiro atoms. The number of alkyl halides is 3. The molecule has 0 aliphatic rings. The van der Waals surface area contributed by atoms with E-state index >= 15 is 0 Å². The van der Waals surface area contributed by atoms with E-state index in [1.165, 1.54) is 17.4 Å². The Kier molecular flexibility index (Phi) is 2.60. The van der Waals surface area contributed by atoms with E-state index < -0.39 is 11.7 Å². The maximum absolute atomic E-state index is 12.7. The molecule has 96 valence electrons. The molecular weight excluding hydrogens is 273 g/mol. The first-order chi connectivity index (χ1) is 9.00. The van der Waals surface area contributed by atoms with Crippen LogP contribution in [0.2, 0.25) is 0 Å². The predicted octanol–water partition coefficient (Wildman–Crippen LogP) is 4.89. The normalized spacial score (nSPS) is 12.2. The minimum atomic E-state index is -4.38. The van der Waals surface area contributed by atoms with Gasteiger partial charge in [0.05, 0.1) is 5.56 Å². The molecule has 1 aromatic heterocycles. The van der Waals surface area contributed by atoms with Crippen molar-refractivity contribution in [3.05, 3.63) is 47.5 Å². The van der Waals surface area contributed by atoms with Crippen LogP contribution in [0.25, 0.3) is 20.2 Å². The maximum atomic E-state index is 12.7. The highest BCUT2D eigenvalue weighted by atomic mass is 32.1. The van der Waals surface area contributed by atoms with Gasteiger partial charge in [-0.2, -0.15) is 13.2 Å². The molecule has 3 aromatic rings. The monoisotopic (exact) mass is 280 g/mol. The SMILES string of the molecule is O=Cc1cccc2sc3ccc(C(F)(F)F)cc3c12. The van der Waals surface area contributed by atoms with Gasteiger partial charge in [0, 0.05) is 25.7 Å². The van der Waals surface area contributed by atoms with Crippen molar-refractivity contribution in [3.8, 4) is 0 Å². The fourth-order valence-electron chi connectivity index (χ4n) is 2.13. The number of fused-ring (bicyclic) bond motifs is 3. The number of aldehydes is 1. The van der Waals surface area contributed by atoms with Gasteiger partial charge in [0.2, 0.25) is 0 Å². The summed E-state index contributed by atoms with van der Waals surface area (Å²) in [4.78, 5) is 11.0. The van der Waals surface area contributed by atoms with Crippen molar-refractivity contribution in [2.24, 2.45) is 0 Å². The molecular formula is C14H7F3OS. The average Bonchev–Trinajstić information content (AvgIpc) is 2.75. The molecule has 0 aliphatic heterocycles. The summed E-state index contributed by atoms with van der Waals surface area (Å²) in [6, 6.07) is 8.78. The van der Waals surface area contributed by atoms with E-state index in [2.05, 4.69) is 0 Å². The molecule has 0 fully saturated rings. The molecule has 0 bridgehead atoms. The van der Waals surface area contributed by atoms with Crippen molar-refractivity contribution < 1.29 is 18.0 Å². The Balaban J connectivity index is 2.43. The number of thiophene rings is 1. The molecule has 2 aromatic carbocycles. The fraction of sp³-hybridized carbons (Fsp3) is 0.0714. The van der Waals surface area contributed by atoms with E-state index in [1.54, 1.807) is 18.2 Å². The highest BCUT2D eigenvalue weighted by molar-refractivity contribution is 7.25. The Morgan fingerprint density at radius 2 is 1.84 bits per heavy atom. The summed E-state index contributed by atoms with van der Waals surface area (Å²) in [7, 11) is 0. The molecule has 3 rings (SSSR count). The van der Waals surface area contributed by atoms with Crippen LogP contribution >= 0.6 is 11.3 Å². The highest BCUT2D eigenvalue weighted by Gasteiger charge is 2.30.